The third kappa shape index (κ3) is 5.45. The van der Waals surface area contributed by atoms with Crippen LogP contribution in [0.4, 0.5) is 0 Å². The van der Waals surface area contributed by atoms with Gasteiger partial charge in [-0.15, -0.1) is 12.4 Å². The molecule has 1 saturated carbocycles. The maximum Gasteiger partial charge on any atom is 0.244 e. The Hall–Kier alpha value is -0.630. The first-order chi connectivity index (χ1) is 10.0. The molecular weight excluding hydrogens is 404 g/mol. The normalized spacial score (nSPS) is 18.4. The van der Waals surface area contributed by atoms with E-state index in [1.165, 1.54) is 6.26 Å². The molecule has 1 amide bonds. The van der Waals surface area contributed by atoms with E-state index in [-0.39, 0.29) is 29.5 Å². The summed E-state index contributed by atoms with van der Waals surface area (Å²) >= 11 is 3.34. The molecule has 0 aliphatic heterocycles. The van der Waals surface area contributed by atoms with Crippen LogP contribution in [0.25, 0.3) is 0 Å². The largest absolute Gasteiger partial charge is 0.354 e. The maximum absolute atomic E-state index is 12.4. The summed E-state index contributed by atoms with van der Waals surface area (Å²) in [6.45, 7) is 2.00. The van der Waals surface area contributed by atoms with Crippen LogP contribution in [0.15, 0.2) is 28.7 Å². The average Bonchev–Trinajstić information content (AvgIpc) is 3.14. The molecule has 0 saturated heterocycles. The van der Waals surface area contributed by atoms with Gasteiger partial charge in [0.2, 0.25) is 5.91 Å². The van der Waals surface area contributed by atoms with E-state index >= 15 is 0 Å². The molecule has 1 aliphatic carbocycles. The molecule has 1 atom stereocenters. The zero-order valence-electron chi connectivity index (χ0n) is 13.1. The number of hydrogen-bond acceptors (Lipinski definition) is 4. The van der Waals surface area contributed by atoms with Crippen molar-refractivity contribution in [1.29, 1.82) is 0 Å². The van der Waals surface area contributed by atoms with Crippen LogP contribution < -0.4 is 11.1 Å². The highest BCUT2D eigenvalue weighted by molar-refractivity contribution is 9.10. The van der Waals surface area contributed by atoms with E-state index < -0.39 is 15.4 Å². The average molecular weight is 426 g/mol. The molecule has 5 nitrogen and oxygen atoms in total. The second kappa shape index (κ2) is 7.09. The van der Waals surface area contributed by atoms with Gasteiger partial charge in [0, 0.05) is 22.7 Å². The minimum Gasteiger partial charge on any atom is -0.354 e. The number of sulfone groups is 1. The highest BCUT2D eigenvalue weighted by Gasteiger charge is 2.46. The third-order valence-corrected chi connectivity index (χ3v) is 5.73. The number of halogens is 2. The molecule has 0 spiro atoms. The van der Waals surface area contributed by atoms with Gasteiger partial charge in [-0.05, 0) is 37.5 Å². The zero-order valence-corrected chi connectivity index (χ0v) is 16.4. The molecule has 23 heavy (non-hydrogen) atoms. The van der Waals surface area contributed by atoms with Crippen LogP contribution in [0.5, 0.6) is 0 Å². The van der Waals surface area contributed by atoms with Crippen LogP contribution >= 0.6 is 28.3 Å². The number of carbonyl (C=O) groups is 1. The van der Waals surface area contributed by atoms with Crippen molar-refractivity contribution in [1.82, 2.24) is 5.32 Å². The Morgan fingerprint density at radius 3 is 2.30 bits per heavy atom. The number of nitrogens with two attached hydrogens (primary N) is 1. The van der Waals surface area contributed by atoms with Gasteiger partial charge < -0.3 is 11.1 Å². The van der Waals surface area contributed by atoms with Crippen LogP contribution in [0, 0.1) is 5.41 Å². The Morgan fingerprint density at radius 1 is 1.35 bits per heavy atom. The predicted molar refractivity (Wildman–Crippen MR) is 97.3 cm³/mol. The molecule has 2 rings (SSSR count). The molecule has 0 heterocycles. The van der Waals surface area contributed by atoms with Crippen LogP contribution in [-0.4, -0.2) is 32.9 Å². The van der Waals surface area contributed by atoms with Gasteiger partial charge in [0.15, 0.2) is 0 Å². The van der Waals surface area contributed by atoms with Crippen molar-refractivity contribution in [3.05, 3.63) is 34.3 Å². The third-order valence-electron chi connectivity index (χ3n) is 4.07. The van der Waals surface area contributed by atoms with Gasteiger partial charge >= 0.3 is 0 Å². The molecule has 8 heteroatoms. The van der Waals surface area contributed by atoms with E-state index in [1.54, 1.807) is 19.1 Å². The second-order valence-electron chi connectivity index (χ2n) is 6.46. The smallest absolute Gasteiger partial charge is 0.244 e. The Kier molecular flexibility index (Phi) is 6.29. The Bertz CT molecular complexity index is 670. The fraction of sp³-hybridized carbons (Fsp3) is 0.533. The van der Waals surface area contributed by atoms with Gasteiger partial charge in [0.1, 0.15) is 15.4 Å². The molecule has 130 valence electrons. The van der Waals surface area contributed by atoms with Crippen LogP contribution in [0.3, 0.4) is 0 Å². The van der Waals surface area contributed by atoms with Crippen molar-refractivity contribution < 1.29 is 13.2 Å². The molecule has 0 bridgehead atoms. The lowest BCUT2D eigenvalue weighted by Gasteiger charge is -2.25. The molecule has 0 aromatic heterocycles. The zero-order chi connectivity index (χ0) is 16.6. The summed E-state index contributed by atoms with van der Waals surface area (Å²) in [6.07, 6.45) is 2.86. The topological polar surface area (TPSA) is 89.3 Å². The summed E-state index contributed by atoms with van der Waals surface area (Å²) in [5, 5.41) is 2.82. The number of hydrogen-bond donors (Lipinski definition) is 2. The lowest BCUT2D eigenvalue weighted by molar-refractivity contribution is -0.126. The van der Waals surface area contributed by atoms with E-state index in [2.05, 4.69) is 21.2 Å². The Labute approximate surface area is 151 Å². The first-order valence-corrected chi connectivity index (χ1v) is 9.90. The van der Waals surface area contributed by atoms with Gasteiger partial charge in [-0.2, -0.15) is 0 Å². The number of amides is 1. The second-order valence-corrected chi connectivity index (χ2v) is 9.52. The SMILES string of the molecule is CC(N)(C(=O)NCC1(CS(C)(=O)=O)CC1)c1ccc(Br)cc1.Cl. The van der Waals surface area contributed by atoms with Crippen molar-refractivity contribution >= 4 is 44.1 Å². The summed E-state index contributed by atoms with van der Waals surface area (Å²) < 4.78 is 23.8. The fourth-order valence-electron chi connectivity index (χ4n) is 2.48. The van der Waals surface area contributed by atoms with Gasteiger partial charge in [-0.25, -0.2) is 8.42 Å². The van der Waals surface area contributed by atoms with E-state index in [4.69, 9.17) is 5.73 Å². The van der Waals surface area contributed by atoms with Crippen molar-refractivity contribution in [3.63, 3.8) is 0 Å². The first-order valence-electron chi connectivity index (χ1n) is 7.05. The van der Waals surface area contributed by atoms with Gasteiger partial charge in [0.25, 0.3) is 0 Å². The number of carbonyl (C=O) groups excluding carboxylic acids is 1. The summed E-state index contributed by atoms with van der Waals surface area (Å²) in [5.74, 6) is -0.186. The lowest BCUT2D eigenvalue weighted by Crippen LogP contribution is -2.50. The van der Waals surface area contributed by atoms with Crippen LogP contribution in [0.2, 0.25) is 0 Å². The summed E-state index contributed by atoms with van der Waals surface area (Å²) in [4.78, 5) is 12.4. The molecule has 1 unspecified atom stereocenters. The summed E-state index contributed by atoms with van der Waals surface area (Å²) in [7, 11) is -3.05. The minimum absolute atomic E-state index is 0. The van der Waals surface area contributed by atoms with E-state index in [0.29, 0.717) is 12.1 Å². The monoisotopic (exact) mass is 424 g/mol. The Morgan fingerprint density at radius 2 is 1.87 bits per heavy atom. The fourth-order valence-corrected chi connectivity index (χ4v) is 4.25. The number of nitrogens with one attached hydrogen (secondary N) is 1. The number of benzene rings is 1. The minimum atomic E-state index is -3.05. The molecule has 0 radical (unpaired) electrons. The molecular formula is C15H22BrClN2O3S. The van der Waals surface area contributed by atoms with Gasteiger partial charge in [0.05, 0.1) is 5.75 Å². The molecule has 1 aliphatic rings. The Balaban J connectivity index is 0.00000264. The van der Waals surface area contributed by atoms with Crippen LogP contribution in [0.1, 0.15) is 25.3 Å². The molecule has 1 aromatic carbocycles. The summed E-state index contributed by atoms with van der Waals surface area (Å²) in [5.41, 5.74) is 5.42. The lowest BCUT2D eigenvalue weighted by atomic mass is 9.92. The molecule has 1 fully saturated rings. The highest BCUT2D eigenvalue weighted by atomic mass is 79.9. The van der Waals surface area contributed by atoms with Crippen molar-refractivity contribution in [2.75, 3.05) is 18.6 Å². The van der Waals surface area contributed by atoms with E-state index in [1.807, 2.05) is 12.1 Å². The first kappa shape index (κ1) is 20.4. The van der Waals surface area contributed by atoms with E-state index in [0.717, 1.165) is 17.3 Å². The van der Waals surface area contributed by atoms with Gasteiger partial charge in [-0.3, -0.25) is 4.79 Å². The van der Waals surface area contributed by atoms with Crippen molar-refractivity contribution in [3.8, 4) is 0 Å². The highest BCUT2D eigenvalue weighted by Crippen LogP contribution is 2.46. The van der Waals surface area contributed by atoms with Crippen molar-refractivity contribution in [2.45, 2.75) is 25.3 Å². The van der Waals surface area contributed by atoms with Crippen molar-refractivity contribution in [2.24, 2.45) is 11.1 Å². The predicted octanol–water partition coefficient (Wildman–Crippen LogP) is 1.99. The van der Waals surface area contributed by atoms with Crippen LogP contribution in [-0.2, 0) is 20.2 Å². The number of rotatable bonds is 6. The molecule has 3 N–H and O–H groups in total. The van der Waals surface area contributed by atoms with E-state index in [9.17, 15) is 13.2 Å². The van der Waals surface area contributed by atoms with Gasteiger partial charge in [-0.1, -0.05) is 28.1 Å². The maximum atomic E-state index is 12.4. The quantitative estimate of drug-likeness (QED) is 0.729. The summed E-state index contributed by atoms with van der Waals surface area (Å²) in [6, 6.07) is 7.26. The molecule has 1 aromatic rings. The standard InChI is InChI=1S/C15H21BrN2O3S.ClH/c1-14(17,11-3-5-12(16)6-4-11)13(19)18-9-15(7-8-15)10-22(2,20)21;/h3-6H,7-10,17H2,1-2H3,(H,18,19);1H.